The van der Waals surface area contributed by atoms with E-state index in [9.17, 15) is 4.39 Å². The van der Waals surface area contributed by atoms with Crippen LogP contribution >= 0.6 is 12.4 Å². The zero-order chi connectivity index (χ0) is 9.26. The molecule has 78 valence electrons. The first-order valence-corrected chi connectivity index (χ1v) is 4.77. The molecule has 0 aliphatic carbocycles. The van der Waals surface area contributed by atoms with E-state index < -0.39 is 0 Å². The molecule has 14 heavy (non-hydrogen) atoms. The average Bonchev–Trinajstić information content (AvgIpc) is 2.56. The molecule has 1 atom stereocenters. The predicted molar refractivity (Wildman–Crippen MR) is 58.4 cm³/mol. The van der Waals surface area contributed by atoms with Gasteiger partial charge >= 0.3 is 0 Å². The first-order valence-electron chi connectivity index (χ1n) is 4.77. The highest BCUT2D eigenvalue weighted by atomic mass is 35.5. The minimum atomic E-state index is -0.140. The SMILES string of the molecule is Cc1cc(F)ccc1[C@@H]1CCCN1.Cl. The highest BCUT2D eigenvalue weighted by molar-refractivity contribution is 5.85. The number of benzene rings is 1. The van der Waals surface area contributed by atoms with E-state index in [2.05, 4.69) is 5.32 Å². The third-order valence-electron chi connectivity index (χ3n) is 2.67. The van der Waals surface area contributed by atoms with Gasteiger partial charge in [0.05, 0.1) is 0 Å². The van der Waals surface area contributed by atoms with E-state index in [1.165, 1.54) is 18.4 Å². The quantitative estimate of drug-likeness (QED) is 0.760. The molecule has 1 aromatic rings. The zero-order valence-corrected chi connectivity index (χ0v) is 9.03. The van der Waals surface area contributed by atoms with Crippen LogP contribution in [0.1, 0.15) is 30.0 Å². The topological polar surface area (TPSA) is 12.0 Å². The van der Waals surface area contributed by atoms with Crippen LogP contribution in [0.25, 0.3) is 0 Å². The average molecular weight is 216 g/mol. The van der Waals surface area contributed by atoms with E-state index in [1.54, 1.807) is 12.1 Å². The van der Waals surface area contributed by atoms with Gasteiger partial charge in [-0.3, -0.25) is 0 Å². The molecule has 2 rings (SSSR count). The summed E-state index contributed by atoms with van der Waals surface area (Å²) in [7, 11) is 0. The summed E-state index contributed by atoms with van der Waals surface area (Å²) in [4.78, 5) is 0. The van der Waals surface area contributed by atoms with Gasteiger partial charge in [-0.1, -0.05) is 6.07 Å². The molecule has 0 spiro atoms. The van der Waals surface area contributed by atoms with E-state index in [0.29, 0.717) is 6.04 Å². The van der Waals surface area contributed by atoms with Crippen molar-refractivity contribution in [1.29, 1.82) is 0 Å². The maximum absolute atomic E-state index is 12.8. The Hall–Kier alpha value is -0.600. The number of hydrogen-bond acceptors (Lipinski definition) is 1. The van der Waals surface area contributed by atoms with Crippen molar-refractivity contribution in [3.05, 3.63) is 35.1 Å². The van der Waals surface area contributed by atoms with Crippen LogP contribution in [0.2, 0.25) is 0 Å². The standard InChI is InChI=1S/C11H14FN.ClH/c1-8-7-9(12)4-5-10(8)11-3-2-6-13-11;/h4-5,7,11,13H,2-3,6H2,1H3;1H/t11-;/m0./s1. The molecule has 0 aromatic heterocycles. The maximum atomic E-state index is 12.8. The van der Waals surface area contributed by atoms with Gasteiger partial charge in [-0.25, -0.2) is 4.39 Å². The van der Waals surface area contributed by atoms with Gasteiger partial charge in [-0.2, -0.15) is 0 Å². The highest BCUT2D eigenvalue weighted by Crippen LogP contribution is 2.25. The molecule has 3 heteroatoms. The van der Waals surface area contributed by atoms with Crippen LogP contribution in [0.15, 0.2) is 18.2 Å². The number of halogens is 2. The summed E-state index contributed by atoms with van der Waals surface area (Å²) in [6, 6.07) is 5.49. The summed E-state index contributed by atoms with van der Waals surface area (Å²) in [6.45, 7) is 3.06. The van der Waals surface area contributed by atoms with Crippen molar-refractivity contribution in [2.45, 2.75) is 25.8 Å². The molecule has 0 saturated carbocycles. The van der Waals surface area contributed by atoms with Crippen molar-refractivity contribution in [2.75, 3.05) is 6.54 Å². The Kier molecular flexibility index (Phi) is 3.90. The summed E-state index contributed by atoms with van der Waals surface area (Å²) < 4.78 is 12.8. The second-order valence-electron chi connectivity index (χ2n) is 3.65. The van der Waals surface area contributed by atoms with Gasteiger partial charge in [0.2, 0.25) is 0 Å². The van der Waals surface area contributed by atoms with Gasteiger partial charge < -0.3 is 5.32 Å². The minimum Gasteiger partial charge on any atom is -0.310 e. The summed E-state index contributed by atoms with van der Waals surface area (Å²) in [5.41, 5.74) is 2.30. The van der Waals surface area contributed by atoms with Gasteiger partial charge in [0, 0.05) is 6.04 Å². The Morgan fingerprint density at radius 3 is 2.79 bits per heavy atom. The fraction of sp³-hybridized carbons (Fsp3) is 0.455. The highest BCUT2D eigenvalue weighted by Gasteiger charge is 2.17. The van der Waals surface area contributed by atoms with Crippen LogP contribution in [-0.4, -0.2) is 6.54 Å². The number of hydrogen-bond donors (Lipinski definition) is 1. The Labute approximate surface area is 90.1 Å². The van der Waals surface area contributed by atoms with E-state index in [4.69, 9.17) is 0 Å². The zero-order valence-electron chi connectivity index (χ0n) is 8.22. The van der Waals surface area contributed by atoms with Crippen molar-refractivity contribution in [3.63, 3.8) is 0 Å². The number of nitrogens with one attached hydrogen (secondary N) is 1. The third kappa shape index (κ3) is 2.25. The van der Waals surface area contributed by atoms with Crippen molar-refractivity contribution in [3.8, 4) is 0 Å². The normalized spacial score (nSPS) is 20.6. The van der Waals surface area contributed by atoms with Crippen LogP contribution in [0, 0.1) is 12.7 Å². The number of rotatable bonds is 1. The molecule has 1 fully saturated rings. The Balaban J connectivity index is 0.000000980. The van der Waals surface area contributed by atoms with Crippen LogP contribution in [0.3, 0.4) is 0 Å². The molecule has 1 nitrogen and oxygen atoms in total. The van der Waals surface area contributed by atoms with Crippen LogP contribution in [0.5, 0.6) is 0 Å². The second kappa shape index (κ2) is 4.76. The summed E-state index contributed by atoms with van der Waals surface area (Å²) in [5, 5.41) is 3.41. The first kappa shape index (κ1) is 11.5. The lowest BCUT2D eigenvalue weighted by atomic mass is 10.0. The second-order valence-corrected chi connectivity index (χ2v) is 3.65. The molecule has 1 aliphatic rings. The van der Waals surface area contributed by atoms with Crippen molar-refractivity contribution < 1.29 is 4.39 Å². The fourth-order valence-electron chi connectivity index (χ4n) is 1.98. The summed E-state index contributed by atoms with van der Waals surface area (Å²) in [5.74, 6) is -0.140. The van der Waals surface area contributed by atoms with Crippen LogP contribution < -0.4 is 5.32 Å². The maximum Gasteiger partial charge on any atom is 0.123 e. The predicted octanol–water partition coefficient (Wildman–Crippen LogP) is 2.98. The molecule has 0 bridgehead atoms. The lowest BCUT2D eigenvalue weighted by molar-refractivity contribution is 0.614. The van der Waals surface area contributed by atoms with Gasteiger partial charge in [0.25, 0.3) is 0 Å². The Morgan fingerprint density at radius 2 is 2.21 bits per heavy atom. The summed E-state index contributed by atoms with van der Waals surface area (Å²) >= 11 is 0. The molecule has 1 heterocycles. The van der Waals surface area contributed by atoms with Crippen LogP contribution in [-0.2, 0) is 0 Å². The van der Waals surface area contributed by atoms with Crippen molar-refractivity contribution in [2.24, 2.45) is 0 Å². The van der Waals surface area contributed by atoms with Gasteiger partial charge in [-0.05, 0) is 49.6 Å². The lowest BCUT2D eigenvalue weighted by Crippen LogP contribution is -2.13. The largest absolute Gasteiger partial charge is 0.310 e. The molecule has 0 unspecified atom stereocenters. The van der Waals surface area contributed by atoms with Gasteiger partial charge in [0.1, 0.15) is 5.82 Å². The molecule has 0 amide bonds. The van der Waals surface area contributed by atoms with E-state index in [0.717, 1.165) is 12.1 Å². The first-order chi connectivity index (χ1) is 6.27. The van der Waals surface area contributed by atoms with Gasteiger partial charge in [-0.15, -0.1) is 12.4 Å². The van der Waals surface area contributed by atoms with E-state index in [-0.39, 0.29) is 18.2 Å². The third-order valence-corrected chi connectivity index (χ3v) is 2.67. The van der Waals surface area contributed by atoms with Gasteiger partial charge in [0.15, 0.2) is 0 Å². The van der Waals surface area contributed by atoms with Crippen molar-refractivity contribution >= 4 is 12.4 Å². The van der Waals surface area contributed by atoms with Crippen LogP contribution in [0.4, 0.5) is 4.39 Å². The number of aryl methyl sites for hydroxylation is 1. The molecule has 1 aliphatic heterocycles. The molecule has 0 radical (unpaired) electrons. The molecule has 1 N–H and O–H groups in total. The molecular weight excluding hydrogens is 201 g/mol. The molecular formula is C11H15ClFN. The van der Waals surface area contributed by atoms with Crippen molar-refractivity contribution in [1.82, 2.24) is 5.32 Å². The Bertz CT molecular complexity index is 308. The monoisotopic (exact) mass is 215 g/mol. The minimum absolute atomic E-state index is 0. The molecule has 1 saturated heterocycles. The lowest BCUT2D eigenvalue weighted by Gasteiger charge is -2.13. The molecule has 1 aromatic carbocycles. The Morgan fingerprint density at radius 1 is 1.43 bits per heavy atom. The summed E-state index contributed by atoms with van der Waals surface area (Å²) in [6.07, 6.45) is 2.40. The van der Waals surface area contributed by atoms with E-state index >= 15 is 0 Å². The van der Waals surface area contributed by atoms with E-state index in [1.807, 2.05) is 13.0 Å². The fourth-order valence-corrected chi connectivity index (χ4v) is 1.98. The smallest absolute Gasteiger partial charge is 0.123 e.